The fraction of sp³-hybridized carbons (Fsp3) is 0.125. The van der Waals surface area contributed by atoms with Gasteiger partial charge in [-0.15, -0.1) is 22.7 Å². The average molecular weight is 449 g/mol. The first-order valence-electron chi connectivity index (χ1n) is 9.74. The standard InChI is InChI=1S/C24H20N2O3S2/c27-22(18-10-5-2-6-11-18)26-20(14-17-8-3-1-4-9-17)24(28)29-15-19-16-31-23(25-19)21-12-7-13-30-21/h1-13,16,20H,14-15H2,(H,26,27). The molecule has 0 saturated heterocycles. The lowest BCUT2D eigenvalue weighted by atomic mass is 10.1. The Bertz CT molecular complexity index is 1130. The summed E-state index contributed by atoms with van der Waals surface area (Å²) in [7, 11) is 0. The van der Waals surface area contributed by atoms with Crippen molar-refractivity contribution < 1.29 is 14.3 Å². The van der Waals surface area contributed by atoms with Crippen LogP contribution in [0.15, 0.2) is 83.6 Å². The van der Waals surface area contributed by atoms with Crippen molar-refractivity contribution in [3.8, 4) is 9.88 Å². The van der Waals surface area contributed by atoms with Gasteiger partial charge in [0.05, 0.1) is 10.6 Å². The third-order valence-corrected chi connectivity index (χ3v) is 6.48. The highest BCUT2D eigenvalue weighted by atomic mass is 32.1. The van der Waals surface area contributed by atoms with Crippen LogP contribution < -0.4 is 5.32 Å². The van der Waals surface area contributed by atoms with Gasteiger partial charge < -0.3 is 10.1 Å². The molecular weight excluding hydrogens is 428 g/mol. The van der Waals surface area contributed by atoms with Crippen LogP contribution in [0.3, 0.4) is 0 Å². The van der Waals surface area contributed by atoms with Gasteiger partial charge in [-0.05, 0) is 29.1 Å². The summed E-state index contributed by atoms with van der Waals surface area (Å²) in [5.74, 6) is -0.800. The molecule has 0 radical (unpaired) electrons. The Labute approximate surface area is 188 Å². The fourth-order valence-electron chi connectivity index (χ4n) is 3.01. The van der Waals surface area contributed by atoms with E-state index in [1.54, 1.807) is 35.6 Å². The summed E-state index contributed by atoms with van der Waals surface area (Å²) >= 11 is 3.13. The molecule has 4 aromatic rings. The zero-order chi connectivity index (χ0) is 21.5. The molecule has 1 N–H and O–H groups in total. The molecule has 1 amide bonds. The van der Waals surface area contributed by atoms with Crippen molar-refractivity contribution >= 4 is 34.6 Å². The molecule has 0 saturated carbocycles. The number of nitrogens with zero attached hydrogens (tertiary/aromatic N) is 1. The van der Waals surface area contributed by atoms with Gasteiger partial charge in [-0.1, -0.05) is 54.6 Å². The Kier molecular flexibility index (Phi) is 6.86. The van der Waals surface area contributed by atoms with Crippen LogP contribution in [0.25, 0.3) is 9.88 Å². The van der Waals surface area contributed by atoms with Gasteiger partial charge in [-0.2, -0.15) is 0 Å². The largest absolute Gasteiger partial charge is 0.458 e. The zero-order valence-electron chi connectivity index (χ0n) is 16.6. The number of amides is 1. The summed E-state index contributed by atoms with van der Waals surface area (Å²) in [6.45, 7) is 0.0627. The minimum atomic E-state index is -0.800. The van der Waals surface area contributed by atoms with Crippen LogP contribution in [0.2, 0.25) is 0 Å². The van der Waals surface area contributed by atoms with Gasteiger partial charge in [-0.25, -0.2) is 9.78 Å². The molecule has 2 aromatic carbocycles. The molecule has 0 aliphatic rings. The highest BCUT2D eigenvalue weighted by molar-refractivity contribution is 7.20. The number of hydrogen-bond acceptors (Lipinski definition) is 6. The van der Waals surface area contributed by atoms with E-state index < -0.39 is 12.0 Å². The number of thiazole rings is 1. The smallest absolute Gasteiger partial charge is 0.329 e. The Morgan fingerprint density at radius 2 is 1.68 bits per heavy atom. The number of benzene rings is 2. The maximum absolute atomic E-state index is 12.9. The minimum absolute atomic E-state index is 0.0627. The second kappa shape index (κ2) is 10.1. The number of hydrogen-bond donors (Lipinski definition) is 1. The van der Waals surface area contributed by atoms with E-state index in [-0.39, 0.29) is 12.5 Å². The van der Waals surface area contributed by atoms with Crippen LogP contribution in [-0.2, 0) is 22.6 Å². The highest BCUT2D eigenvalue weighted by Gasteiger charge is 2.24. The Morgan fingerprint density at radius 3 is 2.39 bits per heavy atom. The van der Waals surface area contributed by atoms with Crippen LogP contribution in [-0.4, -0.2) is 22.9 Å². The zero-order valence-corrected chi connectivity index (χ0v) is 18.2. The van der Waals surface area contributed by atoms with Crippen LogP contribution in [0.1, 0.15) is 21.6 Å². The summed E-state index contributed by atoms with van der Waals surface area (Å²) in [5.41, 5.74) is 2.12. The molecule has 0 aliphatic heterocycles. The highest BCUT2D eigenvalue weighted by Crippen LogP contribution is 2.28. The molecule has 1 unspecified atom stereocenters. The number of carbonyl (C=O) groups excluding carboxylic acids is 2. The predicted octanol–water partition coefficient (Wildman–Crippen LogP) is 4.96. The topological polar surface area (TPSA) is 68.3 Å². The molecule has 4 rings (SSSR count). The quantitative estimate of drug-likeness (QED) is 0.387. The maximum Gasteiger partial charge on any atom is 0.329 e. The molecule has 0 fully saturated rings. The van der Waals surface area contributed by atoms with Crippen LogP contribution in [0, 0.1) is 0 Å². The lowest BCUT2D eigenvalue weighted by molar-refractivity contribution is -0.147. The first-order valence-corrected chi connectivity index (χ1v) is 11.5. The average Bonchev–Trinajstić information content (AvgIpc) is 3.50. The molecular formula is C24H20N2O3S2. The van der Waals surface area contributed by atoms with Gasteiger partial charge >= 0.3 is 5.97 Å². The second-order valence-corrected chi connectivity index (χ2v) is 8.62. The number of esters is 1. The molecule has 0 spiro atoms. The monoisotopic (exact) mass is 448 g/mol. The maximum atomic E-state index is 12.9. The summed E-state index contributed by atoms with van der Waals surface area (Å²) in [4.78, 5) is 31.1. The van der Waals surface area contributed by atoms with Crippen molar-refractivity contribution in [3.05, 3.63) is 100 Å². The first-order chi connectivity index (χ1) is 15.2. The van der Waals surface area contributed by atoms with Gasteiger partial charge in [0.2, 0.25) is 0 Å². The number of thiophene rings is 1. The second-order valence-electron chi connectivity index (χ2n) is 6.81. The van der Waals surface area contributed by atoms with E-state index in [1.807, 2.05) is 59.3 Å². The minimum Gasteiger partial charge on any atom is -0.458 e. The van der Waals surface area contributed by atoms with Crippen molar-refractivity contribution in [1.82, 2.24) is 10.3 Å². The molecule has 0 bridgehead atoms. The SMILES string of the molecule is O=C(NC(Cc1ccccc1)C(=O)OCc1csc(-c2cccs2)n1)c1ccccc1. The van der Waals surface area contributed by atoms with E-state index >= 15 is 0 Å². The number of nitrogens with one attached hydrogen (secondary N) is 1. The van der Waals surface area contributed by atoms with Crippen molar-refractivity contribution in [1.29, 1.82) is 0 Å². The van der Waals surface area contributed by atoms with Gasteiger partial charge in [0.15, 0.2) is 0 Å². The molecule has 2 heterocycles. The van der Waals surface area contributed by atoms with Crippen LogP contribution in [0.4, 0.5) is 0 Å². The van der Waals surface area contributed by atoms with Crippen molar-refractivity contribution in [2.75, 3.05) is 0 Å². The predicted molar refractivity (Wildman–Crippen MR) is 123 cm³/mol. The van der Waals surface area contributed by atoms with Gasteiger partial charge in [0, 0.05) is 17.4 Å². The van der Waals surface area contributed by atoms with Crippen molar-refractivity contribution in [3.63, 3.8) is 0 Å². The van der Waals surface area contributed by atoms with Crippen molar-refractivity contribution in [2.24, 2.45) is 0 Å². The summed E-state index contributed by atoms with van der Waals surface area (Å²) in [6, 6.07) is 21.6. The van der Waals surface area contributed by atoms with E-state index in [0.717, 1.165) is 15.4 Å². The lowest BCUT2D eigenvalue weighted by Gasteiger charge is -2.18. The molecule has 7 heteroatoms. The molecule has 2 aromatic heterocycles. The summed E-state index contributed by atoms with van der Waals surface area (Å²) in [5, 5.41) is 7.60. The van der Waals surface area contributed by atoms with E-state index in [9.17, 15) is 9.59 Å². The van der Waals surface area contributed by atoms with E-state index in [2.05, 4.69) is 10.3 Å². The van der Waals surface area contributed by atoms with E-state index in [1.165, 1.54) is 11.3 Å². The molecule has 5 nitrogen and oxygen atoms in total. The number of ether oxygens (including phenoxy) is 1. The van der Waals surface area contributed by atoms with Crippen LogP contribution >= 0.6 is 22.7 Å². The van der Waals surface area contributed by atoms with E-state index in [0.29, 0.717) is 17.7 Å². The summed E-state index contributed by atoms with van der Waals surface area (Å²) < 4.78 is 5.52. The third kappa shape index (κ3) is 5.65. The molecule has 31 heavy (non-hydrogen) atoms. The lowest BCUT2D eigenvalue weighted by Crippen LogP contribution is -2.43. The third-order valence-electron chi connectivity index (χ3n) is 4.55. The molecule has 0 aliphatic carbocycles. The number of aromatic nitrogens is 1. The number of carbonyl (C=O) groups is 2. The Hall–Kier alpha value is -3.29. The summed E-state index contributed by atoms with van der Waals surface area (Å²) in [6.07, 6.45) is 0.343. The van der Waals surface area contributed by atoms with Gasteiger partial charge in [-0.3, -0.25) is 4.79 Å². The number of rotatable bonds is 8. The Morgan fingerprint density at radius 1 is 0.935 bits per heavy atom. The van der Waals surface area contributed by atoms with Crippen molar-refractivity contribution in [2.45, 2.75) is 19.1 Å². The van der Waals surface area contributed by atoms with Gasteiger partial charge in [0.1, 0.15) is 17.7 Å². The van der Waals surface area contributed by atoms with Crippen LogP contribution in [0.5, 0.6) is 0 Å². The first kappa shape index (κ1) is 21.0. The fourth-order valence-corrected chi connectivity index (χ4v) is 4.63. The molecule has 1 atom stereocenters. The molecule has 156 valence electrons. The Balaban J connectivity index is 1.43. The normalized spacial score (nSPS) is 11.6. The van der Waals surface area contributed by atoms with E-state index in [4.69, 9.17) is 4.74 Å². The van der Waals surface area contributed by atoms with Gasteiger partial charge in [0.25, 0.3) is 5.91 Å².